The molecular weight excluding hydrogens is 330 g/mol. The van der Waals surface area contributed by atoms with E-state index in [0.29, 0.717) is 17.7 Å². The van der Waals surface area contributed by atoms with Crippen LogP contribution in [-0.2, 0) is 6.54 Å². The summed E-state index contributed by atoms with van der Waals surface area (Å²) in [6, 6.07) is 15.0. The Morgan fingerprint density at radius 1 is 1.10 bits per heavy atom. The molecule has 0 heterocycles. The molecule has 0 radical (unpaired) electrons. The van der Waals surface area contributed by atoms with E-state index in [1.807, 2.05) is 30.3 Å². The van der Waals surface area contributed by atoms with E-state index in [1.165, 1.54) is 0 Å². The highest BCUT2D eigenvalue weighted by molar-refractivity contribution is 9.10. The Labute approximate surface area is 131 Å². The molecule has 0 spiro atoms. The number of halogens is 1. The molecule has 2 aromatic rings. The first-order chi connectivity index (χ1) is 10.2. The summed E-state index contributed by atoms with van der Waals surface area (Å²) in [4.78, 5) is 0. The lowest BCUT2D eigenvalue weighted by Crippen LogP contribution is -2.00. The first-order valence-electron chi connectivity index (χ1n) is 6.18. The summed E-state index contributed by atoms with van der Waals surface area (Å²) < 4.78 is 6.08. The summed E-state index contributed by atoms with van der Waals surface area (Å²) in [5, 5.41) is 21.1. The maximum atomic E-state index is 9.00. The Morgan fingerprint density at radius 3 is 2.48 bits per heavy atom. The predicted octanol–water partition coefficient (Wildman–Crippen LogP) is 3.81. The van der Waals surface area contributed by atoms with E-state index in [1.54, 1.807) is 25.3 Å². The lowest BCUT2D eigenvalue weighted by Gasteiger charge is -2.09. The largest absolute Gasteiger partial charge is 0.496 e. The number of benzene rings is 2. The first-order valence-corrected chi connectivity index (χ1v) is 6.97. The molecule has 0 fully saturated rings. The monoisotopic (exact) mass is 341 g/mol. The van der Waals surface area contributed by atoms with Crippen LogP contribution in [0.5, 0.6) is 5.75 Å². The number of hydrogen-bond acceptors (Lipinski definition) is 4. The van der Waals surface area contributed by atoms with E-state index in [2.05, 4.69) is 21.2 Å². The van der Waals surface area contributed by atoms with Gasteiger partial charge in [-0.3, -0.25) is 0 Å². The highest BCUT2D eigenvalue weighted by Crippen LogP contribution is 2.26. The average Bonchev–Trinajstić information content (AvgIpc) is 2.52. The minimum Gasteiger partial charge on any atom is -0.496 e. The van der Waals surface area contributed by atoms with E-state index in [9.17, 15) is 0 Å². The number of methoxy groups -OCH3 is 1. The van der Waals surface area contributed by atoms with Crippen LogP contribution in [0.15, 0.2) is 40.9 Å². The topological polar surface area (TPSA) is 68.8 Å². The van der Waals surface area contributed by atoms with Crippen LogP contribution in [0.1, 0.15) is 16.7 Å². The summed E-state index contributed by atoms with van der Waals surface area (Å²) in [5.74, 6) is 0.781. The van der Waals surface area contributed by atoms with E-state index >= 15 is 0 Å². The van der Waals surface area contributed by atoms with Gasteiger partial charge in [-0.05, 0) is 51.8 Å². The van der Waals surface area contributed by atoms with Crippen molar-refractivity contribution in [2.24, 2.45) is 0 Å². The smallest absolute Gasteiger partial charge is 0.133 e. The Morgan fingerprint density at radius 2 is 1.86 bits per heavy atom. The Balaban J connectivity index is 2.12. The quantitative estimate of drug-likeness (QED) is 0.917. The van der Waals surface area contributed by atoms with Gasteiger partial charge >= 0.3 is 0 Å². The van der Waals surface area contributed by atoms with E-state index in [-0.39, 0.29) is 0 Å². The van der Waals surface area contributed by atoms with Crippen molar-refractivity contribution >= 4 is 21.6 Å². The van der Waals surface area contributed by atoms with Crippen LogP contribution in [0.3, 0.4) is 0 Å². The fourth-order valence-corrected chi connectivity index (χ4v) is 2.46. The standard InChI is InChI=1S/C16H12BrN3O/c1-21-16-5-2-11(6-15(16)17)10-20-14-4-3-12(8-18)13(7-14)9-19/h2-7,20H,10H2,1H3. The number of ether oxygens (including phenoxy) is 1. The van der Waals surface area contributed by atoms with E-state index < -0.39 is 0 Å². The molecule has 0 amide bonds. The van der Waals surface area contributed by atoms with E-state index in [0.717, 1.165) is 21.5 Å². The summed E-state index contributed by atoms with van der Waals surface area (Å²) in [5.41, 5.74) is 2.64. The molecule has 0 saturated heterocycles. The lowest BCUT2D eigenvalue weighted by molar-refractivity contribution is 0.412. The number of anilines is 1. The van der Waals surface area contributed by atoms with Crippen LogP contribution >= 0.6 is 15.9 Å². The molecule has 0 unspecified atom stereocenters. The molecule has 104 valence electrons. The third kappa shape index (κ3) is 3.53. The van der Waals surface area contributed by atoms with Crippen LogP contribution in [-0.4, -0.2) is 7.11 Å². The number of hydrogen-bond donors (Lipinski definition) is 1. The minimum atomic E-state index is 0.374. The molecule has 2 aromatic carbocycles. The molecule has 2 rings (SSSR count). The zero-order valence-corrected chi connectivity index (χ0v) is 12.9. The van der Waals surface area contributed by atoms with Crippen molar-refractivity contribution in [2.45, 2.75) is 6.54 Å². The number of nitrogens with one attached hydrogen (secondary N) is 1. The van der Waals surface area contributed by atoms with E-state index in [4.69, 9.17) is 15.3 Å². The molecule has 0 saturated carbocycles. The molecule has 0 aromatic heterocycles. The van der Waals surface area contributed by atoms with Gasteiger partial charge in [0, 0.05) is 12.2 Å². The van der Waals surface area contributed by atoms with Crippen molar-refractivity contribution in [3.8, 4) is 17.9 Å². The molecule has 0 aliphatic carbocycles. The van der Waals surface area contributed by atoms with Crippen LogP contribution in [0.4, 0.5) is 5.69 Å². The van der Waals surface area contributed by atoms with Gasteiger partial charge in [0.15, 0.2) is 0 Å². The maximum Gasteiger partial charge on any atom is 0.133 e. The van der Waals surface area contributed by atoms with Crippen molar-refractivity contribution in [3.05, 3.63) is 57.6 Å². The van der Waals surface area contributed by atoms with Crippen molar-refractivity contribution in [1.29, 1.82) is 10.5 Å². The highest BCUT2D eigenvalue weighted by atomic mass is 79.9. The number of rotatable bonds is 4. The van der Waals surface area contributed by atoms with Gasteiger partial charge in [-0.1, -0.05) is 6.07 Å². The second kappa shape index (κ2) is 6.78. The van der Waals surface area contributed by atoms with Gasteiger partial charge in [0.2, 0.25) is 0 Å². The van der Waals surface area contributed by atoms with Crippen LogP contribution in [0.2, 0.25) is 0 Å². The van der Waals surface area contributed by atoms with Crippen molar-refractivity contribution in [2.75, 3.05) is 12.4 Å². The third-order valence-corrected chi connectivity index (χ3v) is 3.59. The fourth-order valence-electron chi connectivity index (χ4n) is 1.87. The molecule has 0 aliphatic heterocycles. The van der Waals surface area contributed by atoms with Crippen molar-refractivity contribution in [1.82, 2.24) is 0 Å². The molecule has 4 nitrogen and oxygen atoms in total. The van der Waals surface area contributed by atoms with Gasteiger partial charge in [0.25, 0.3) is 0 Å². The van der Waals surface area contributed by atoms with Crippen molar-refractivity contribution < 1.29 is 4.74 Å². The molecule has 5 heteroatoms. The van der Waals surface area contributed by atoms with Gasteiger partial charge in [-0.25, -0.2) is 0 Å². The third-order valence-electron chi connectivity index (χ3n) is 2.97. The summed E-state index contributed by atoms with van der Waals surface area (Å²) >= 11 is 3.44. The Kier molecular flexibility index (Phi) is 4.81. The second-order valence-corrected chi connectivity index (χ2v) is 5.16. The highest BCUT2D eigenvalue weighted by Gasteiger charge is 2.04. The summed E-state index contributed by atoms with van der Waals surface area (Å²) in [7, 11) is 1.62. The minimum absolute atomic E-state index is 0.374. The van der Waals surface area contributed by atoms with Crippen LogP contribution in [0.25, 0.3) is 0 Å². The normalized spacial score (nSPS) is 9.52. The van der Waals surface area contributed by atoms with Crippen LogP contribution < -0.4 is 10.1 Å². The predicted molar refractivity (Wildman–Crippen MR) is 83.9 cm³/mol. The fraction of sp³-hybridized carbons (Fsp3) is 0.125. The first kappa shape index (κ1) is 14.9. The van der Waals surface area contributed by atoms with Crippen molar-refractivity contribution in [3.63, 3.8) is 0 Å². The van der Waals surface area contributed by atoms with Gasteiger partial charge in [-0.2, -0.15) is 10.5 Å². The van der Waals surface area contributed by atoms with Gasteiger partial charge < -0.3 is 10.1 Å². The Hall–Kier alpha value is -2.50. The maximum absolute atomic E-state index is 9.00. The Bertz CT molecular complexity index is 744. The number of nitrogens with zero attached hydrogens (tertiary/aromatic N) is 2. The second-order valence-electron chi connectivity index (χ2n) is 4.31. The van der Waals surface area contributed by atoms with Crippen LogP contribution in [0, 0.1) is 22.7 Å². The van der Waals surface area contributed by atoms with Gasteiger partial charge in [-0.15, -0.1) is 0 Å². The molecule has 21 heavy (non-hydrogen) atoms. The van der Waals surface area contributed by atoms with Gasteiger partial charge in [0.1, 0.15) is 17.9 Å². The van der Waals surface area contributed by atoms with Gasteiger partial charge in [0.05, 0.1) is 22.7 Å². The zero-order valence-electron chi connectivity index (χ0n) is 11.4. The molecule has 0 aliphatic rings. The summed E-state index contributed by atoms with van der Waals surface area (Å²) in [6.45, 7) is 0.610. The zero-order chi connectivity index (χ0) is 15.2. The molecule has 0 atom stereocenters. The lowest BCUT2D eigenvalue weighted by atomic mass is 10.1. The molecule has 0 bridgehead atoms. The average molecular weight is 342 g/mol. The molecule has 1 N–H and O–H groups in total. The molecular formula is C16H12BrN3O. The summed E-state index contributed by atoms with van der Waals surface area (Å²) in [6.07, 6.45) is 0. The SMILES string of the molecule is COc1ccc(CNc2ccc(C#N)c(C#N)c2)cc1Br. The number of nitriles is 2.